The number of aliphatic hydroxyl groups excluding tert-OH is 1. The van der Waals surface area contributed by atoms with Crippen LogP contribution in [0.4, 0.5) is 0 Å². The molecule has 1 spiro atoms. The van der Waals surface area contributed by atoms with Crippen molar-refractivity contribution < 1.29 is 29.0 Å². The number of carbonyl (C=O) groups is 3. The summed E-state index contributed by atoms with van der Waals surface area (Å²) >= 11 is 0. The van der Waals surface area contributed by atoms with Crippen LogP contribution in [0.1, 0.15) is 55.8 Å². The molecule has 3 aliphatic heterocycles. The van der Waals surface area contributed by atoms with E-state index in [1.54, 1.807) is 42.0 Å². The Kier molecular flexibility index (Phi) is 5.92. The molecule has 0 aliphatic carbocycles. The highest BCUT2D eigenvalue weighted by molar-refractivity contribution is 6.00. The highest BCUT2D eigenvalue weighted by Crippen LogP contribution is 2.41. The molecule has 0 radical (unpaired) electrons. The largest absolute Gasteiger partial charge is 0.497 e. The summed E-state index contributed by atoms with van der Waals surface area (Å²) < 4.78 is 11.6. The van der Waals surface area contributed by atoms with Gasteiger partial charge >= 0.3 is 0 Å². The maximum absolute atomic E-state index is 13.0. The number of Topliss-reactive ketones (excluding diaryl/α,β-unsaturated/α-hetero) is 1. The minimum Gasteiger partial charge on any atom is -0.497 e. The molecule has 3 heterocycles. The lowest BCUT2D eigenvalue weighted by Crippen LogP contribution is -2.52. The first-order valence-corrected chi connectivity index (χ1v) is 11.0. The summed E-state index contributed by atoms with van der Waals surface area (Å²) in [5.41, 5.74) is -0.214. The molecule has 1 aromatic carbocycles. The molecule has 0 saturated carbocycles. The molecule has 2 amide bonds. The van der Waals surface area contributed by atoms with E-state index in [2.05, 4.69) is 0 Å². The zero-order chi connectivity index (χ0) is 22.2. The van der Waals surface area contributed by atoms with Crippen molar-refractivity contribution in [3.05, 3.63) is 23.8 Å². The summed E-state index contributed by atoms with van der Waals surface area (Å²) in [4.78, 5) is 42.0. The second-order valence-corrected chi connectivity index (χ2v) is 8.82. The Morgan fingerprint density at radius 3 is 2.68 bits per heavy atom. The van der Waals surface area contributed by atoms with Gasteiger partial charge in [0, 0.05) is 38.5 Å². The van der Waals surface area contributed by atoms with E-state index in [-0.39, 0.29) is 36.5 Å². The third-order valence-corrected chi connectivity index (χ3v) is 6.82. The third kappa shape index (κ3) is 4.26. The topological polar surface area (TPSA) is 96.4 Å². The Morgan fingerprint density at radius 2 is 1.97 bits per heavy atom. The van der Waals surface area contributed by atoms with Crippen molar-refractivity contribution in [2.24, 2.45) is 0 Å². The summed E-state index contributed by atoms with van der Waals surface area (Å²) in [7, 11) is 1.56. The minimum absolute atomic E-state index is 0.000742. The Hall–Kier alpha value is -2.61. The average Bonchev–Trinajstić information content (AvgIpc) is 2.92. The number of nitrogens with zero attached hydrogens (tertiary/aromatic N) is 2. The normalized spacial score (nSPS) is 25.6. The number of rotatable bonds is 3. The molecule has 168 valence electrons. The molecule has 1 N–H and O–H groups in total. The predicted octanol–water partition coefficient (Wildman–Crippen LogP) is 1.78. The maximum atomic E-state index is 13.0. The van der Waals surface area contributed by atoms with E-state index in [0.29, 0.717) is 62.4 Å². The van der Waals surface area contributed by atoms with Crippen LogP contribution in [0, 0.1) is 0 Å². The number of aliphatic hydroxyl groups is 1. The van der Waals surface area contributed by atoms with Gasteiger partial charge in [0.05, 0.1) is 25.2 Å². The van der Waals surface area contributed by atoms with Gasteiger partial charge in [0.15, 0.2) is 5.78 Å². The van der Waals surface area contributed by atoms with Crippen molar-refractivity contribution >= 4 is 17.6 Å². The average molecular weight is 431 g/mol. The number of hydrogen-bond acceptors (Lipinski definition) is 6. The zero-order valence-corrected chi connectivity index (χ0v) is 18.1. The minimum atomic E-state index is -0.751. The Balaban J connectivity index is 1.48. The SMILES string of the molecule is COc1ccc2c(c1)OC1(CCC(=O)N(C(C)C(=O)N3CCC(O)CC3)CC1)CC2=O. The van der Waals surface area contributed by atoms with Crippen LogP contribution in [0.5, 0.6) is 11.5 Å². The molecule has 1 aromatic rings. The van der Waals surface area contributed by atoms with Gasteiger partial charge in [-0.1, -0.05) is 0 Å². The van der Waals surface area contributed by atoms with E-state index in [9.17, 15) is 19.5 Å². The first-order valence-electron chi connectivity index (χ1n) is 11.0. The van der Waals surface area contributed by atoms with Gasteiger partial charge in [-0.15, -0.1) is 0 Å². The monoisotopic (exact) mass is 430 g/mol. The Morgan fingerprint density at radius 1 is 1.23 bits per heavy atom. The molecule has 2 unspecified atom stereocenters. The summed E-state index contributed by atoms with van der Waals surface area (Å²) in [6.45, 7) is 3.13. The lowest BCUT2D eigenvalue weighted by Gasteiger charge is -2.38. The van der Waals surface area contributed by atoms with Crippen LogP contribution >= 0.6 is 0 Å². The van der Waals surface area contributed by atoms with Crippen LogP contribution in [0.25, 0.3) is 0 Å². The fourth-order valence-corrected chi connectivity index (χ4v) is 4.83. The number of piperidine rings is 1. The molecule has 0 aromatic heterocycles. The van der Waals surface area contributed by atoms with Crippen LogP contribution < -0.4 is 9.47 Å². The summed E-state index contributed by atoms with van der Waals surface area (Å²) in [5, 5.41) is 9.69. The number of ether oxygens (including phenoxy) is 2. The van der Waals surface area contributed by atoms with Crippen molar-refractivity contribution in [2.75, 3.05) is 26.7 Å². The van der Waals surface area contributed by atoms with Gasteiger partial charge in [0.2, 0.25) is 11.8 Å². The van der Waals surface area contributed by atoms with Gasteiger partial charge in [0.1, 0.15) is 23.1 Å². The predicted molar refractivity (Wildman–Crippen MR) is 112 cm³/mol. The van der Waals surface area contributed by atoms with E-state index in [0.717, 1.165) is 0 Å². The van der Waals surface area contributed by atoms with E-state index < -0.39 is 11.6 Å². The highest BCUT2D eigenvalue weighted by Gasteiger charge is 2.44. The van der Waals surface area contributed by atoms with Crippen molar-refractivity contribution in [2.45, 2.75) is 63.2 Å². The van der Waals surface area contributed by atoms with Crippen molar-refractivity contribution in [1.82, 2.24) is 9.80 Å². The molecule has 2 atom stereocenters. The van der Waals surface area contributed by atoms with Crippen molar-refractivity contribution in [3.63, 3.8) is 0 Å². The molecule has 0 bridgehead atoms. The molecule has 3 aliphatic rings. The number of methoxy groups -OCH3 is 1. The lowest BCUT2D eigenvalue weighted by atomic mass is 9.84. The quantitative estimate of drug-likeness (QED) is 0.785. The van der Waals surface area contributed by atoms with E-state index in [4.69, 9.17) is 9.47 Å². The van der Waals surface area contributed by atoms with E-state index in [1.165, 1.54) is 0 Å². The Bertz CT molecular complexity index is 879. The summed E-state index contributed by atoms with van der Waals surface area (Å²) in [6.07, 6.45) is 2.13. The molecule has 2 saturated heterocycles. The number of fused-ring (bicyclic) bond motifs is 1. The second-order valence-electron chi connectivity index (χ2n) is 8.82. The molecule has 31 heavy (non-hydrogen) atoms. The van der Waals surface area contributed by atoms with Gasteiger partial charge in [-0.05, 0) is 38.3 Å². The van der Waals surface area contributed by atoms with Crippen LogP contribution in [0.2, 0.25) is 0 Å². The van der Waals surface area contributed by atoms with Crippen LogP contribution in [-0.4, -0.2) is 77.0 Å². The fourth-order valence-electron chi connectivity index (χ4n) is 4.83. The lowest BCUT2D eigenvalue weighted by molar-refractivity contribution is -0.146. The number of ketones is 1. The van der Waals surface area contributed by atoms with Crippen molar-refractivity contribution in [1.29, 1.82) is 0 Å². The molecule has 2 fully saturated rings. The third-order valence-electron chi connectivity index (χ3n) is 6.82. The number of benzene rings is 1. The first kappa shape index (κ1) is 21.6. The molecule has 8 heteroatoms. The molecular formula is C23H30N2O6. The molecule has 4 rings (SSSR count). The van der Waals surface area contributed by atoms with Crippen LogP contribution in [0.3, 0.4) is 0 Å². The maximum Gasteiger partial charge on any atom is 0.245 e. The van der Waals surface area contributed by atoms with Gasteiger partial charge in [-0.3, -0.25) is 14.4 Å². The first-order chi connectivity index (χ1) is 14.8. The van der Waals surface area contributed by atoms with Crippen LogP contribution in [0.15, 0.2) is 18.2 Å². The van der Waals surface area contributed by atoms with Gasteiger partial charge in [0.25, 0.3) is 0 Å². The number of carbonyl (C=O) groups excluding carboxylic acids is 3. The number of amides is 2. The number of hydrogen-bond donors (Lipinski definition) is 1. The fraction of sp³-hybridized carbons (Fsp3) is 0.609. The second kappa shape index (κ2) is 8.49. The summed E-state index contributed by atoms with van der Waals surface area (Å²) in [6, 6.07) is 4.59. The molecular weight excluding hydrogens is 400 g/mol. The molecule has 8 nitrogen and oxygen atoms in total. The van der Waals surface area contributed by atoms with Gasteiger partial charge < -0.3 is 24.4 Å². The summed E-state index contributed by atoms with van der Waals surface area (Å²) in [5.74, 6) is 0.920. The smallest absolute Gasteiger partial charge is 0.245 e. The standard InChI is InChI=1S/C23H30N2O6/c1-15(22(29)24-10-6-16(26)7-11-24)25-12-9-23(8-5-21(25)28)14-19(27)18-4-3-17(30-2)13-20(18)31-23/h3-4,13,15-16,26H,5-12,14H2,1-2H3. The van der Waals surface area contributed by atoms with Gasteiger partial charge in [-0.25, -0.2) is 0 Å². The van der Waals surface area contributed by atoms with Gasteiger partial charge in [-0.2, -0.15) is 0 Å². The van der Waals surface area contributed by atoms with E-state index in [1.807, 2.05) is 0 Å². The number of likely N-dealkylation sites (tertiary alicyclic amines) is 2. The van der Waals surface area contributed by atoms with Crippen molar-refractivity contribution in [3.8, 4) is 11.5 Å². The zero-order valence-electron chi connectivity index (χ0n) is 18.1. The highest BCUT2D eigenvalue weighted by atomic mass is 16.5. The van der Waals surface area contributed by atoms with Crippen LogP contribution in [-0.2, 0) is 9.59 Å². The Labute approximate surface area is 182 Å². The van der Waals surface area contributed by atoms with E-state index >= 15 is 0 Å².